The first kappa shape index (κ1) is 13.6. The molecule has 2 heterocycles. The minimum atomic E-state index is -0.0420. The van der Waals surface area contributed by atoms with E-state index in [0.717, 1.165) is 16.1 Å². The molecule has 21 heavy (non-hydrogen) atoms. The fourth-order valence-electron chi connectivity index (χ4n) is 2.01. The van der Waals surface area contributed by atoms with Crippen LogP contribution in [0.2, 0.25) is 0 Å². The highest BCUT2D eigenvalue weighted by molar-refractivity contribution is 7.13. The van der Waals surface area contributed by atoms with Crippen LogP contribution in [0.15, 0.2) is 60.1 Å². The summed E-state index contributed by atoms with van der Waals surface area (Å²) in [5.74, 6) is -0.0420. The lowest BCUT2D eigenvalue weighted by molar-refractivity contribution is -0.122. The van der Waals surface area contributed by atoms with Crippen molar-refractivity contribution in [1.29, 1.82) is 0 Å². The van der Waals surface area contributed by atoms with Crippen LogP contribution in [0.25, 0.3) is 10.6 Å². The van der Waals surface area contributed by atoms with Crippen LogP contribution in [-0.4, -0.2) is 15.7 Å². The first-order chi connectivity index (χ1) is 10.3. The predicted octanol–water partition coefficient (Wildman–Crippen LogP) is 2.93. The van der Waals surface area contributed by atoms with Gasteiger partial charge in [0.1, 0.15) is 12.2 Å². The Morgan fingerprint density at radius 1 is 1.14 bits per heavy atom. The number of hydrogen-bond acceptors (Lipinski definition) is 3. The molecular weight excluding hydrogens is 282 g/mol. The minimum Gasteiger partial charge on any atom is -0.350 e. The van der Waals surface area contributed by atoms with Crippen LogP contribution in [0.5, 0.6) is 0 Å². The minimum absolute atomic E-state index is 0.0420. The molecule has 0 saturated carbocycles. The predicted molar refractivity (Wildman–Crippen MR) is 83.8 cm³/mol. The van der Waals surface area contributed by atoms with Crippen LogP contribution in [0, 0.1) is 0 Å². The van der Waals surface area contributed by atoms with Crippen molar-refractivity contribution in [2.24, 2.45) is 0 Å². The summed E-state index contributed by atoms with van der Waals surface area (Å²) in [6.07, 6.45) is 1.83. The van der Waals surface area contributed by atoms with E-state index in [1.807, 2.05) is 60.1 Å². The molecule has 2 aromatic heterocycles. The number of nitrogens with zero attached hydrogens (tertiary/aromatic N) is 2. The van der Waals surface area contributed by atoms with Gasteiger partial charge in [0, 0.05) is 12.7 Å². The number of carbonyl (C=O) groups is 1. The number of thiophene rings is 1. The Morgan fingerprint density at radius 3 is 2.76 bits per heavy atom. The summed E-state index contributed by atoms with van der Waals surface area (Å²) in [5, 5.41) is 9.32. The van der Waals surface area contributed by atoms with Crippen molar-refractivity contribution in [2.75, 3.05) is 0 Å². The van der Waals surface area contributed by atoms with Crippen LogP contribution >= 0.6 is 11.3 Å². The van der Waals surface area contributed by atoms with Crippen molar-refractivity contribution < 1.29 is 4.79 Å². The van der Waals surface area contributed by atoms with Gasteiger partial charge in [-0.3, -0.25) is 9.48 Å². The van der Waals surface area contributed by atoms with Gasteiger partial charge in [0.15, 0.2) is 0 Å². The van der Waals surface area contributed by atoms with Gasteiger partial charge in [-0.25, -0.2) is 0 Å². The lowest BCUT2D eigenvalue weighted by Crippen LogP contribution is -2.27. The number of benzene rings is 1. The van der Waals surface area contributed by atoms with Gasteiger partial charge in [0.2, 0.25) is 5.91 Å². The Kier molecular flexibility index (Phi) is 4.12. The Morgan fingerprint density at radius 2 is 2.00 bits per heavy atom. The molecule has 0 atom stereocenters. The summed E-state index contributed by atoms with van der Waals surface area (Å²) >= 11 is 1.64. The molecule has 0 unspecified atom stereocenters. The van der Waals surface area contributed by atoms with Gasteiger partial charge in [-0.2, -0.15) is 5.10 Å². The summed E-state index contributed by atoms with van der Waals surface area (Å²) in [5.41, 5.74) is 1.99. The third kappa shape index (κ3) is 3.58. The zero-order valence-corrected chi connectivity index (χ0v) is 12.2. The molecule has 106 valence electrons. The van der Waals surface area contributed by atoms with E-state index in [1.165, 1.54) is 0 Å². The Labute approximate surface area is 127 Å². The second-order valence-electron chi connectivity index (χ2n) is 4.64. The fraction of sp³-hybridized carbons (Fsp3) is 0.125. The molecule has 0 aliphatic carbocycles. The molecule has 0 saturated heterocycles. The maximum atomic E-state index is 11.9. The molecule has 0 spiro atoms. The number of rotatable bonds is 5. The lowest BCUT2D eigenvalue weighted by atomic mass is 10.2. The molecule has 1 N–H and O–H groups in total. The number of amides is 1. The van der Waals surface area contributed by atoms with Gasteiger partial charge in [0.05, 0.1) is 4.88 Å². The van der Waals surface area contributed by atoms with E-state index < -0.39 is 0 Å². The van der Waals surface area contributed by atoms with E-state index in [-0.39, 0.29) is 12.5 Å². The first-order valence-electron chi connectivity index (χ1n) is 6.69. The van der Waals surface area contributed by atoms with E-state index in [9.17, 15) is 4.79 Å². The molecule has 0 radical (unpaired) electrons. The molecular formula is C16H15N3OS. The third-order valence-electron chi connectivity index (χ3n) is 3.05. The van der Waals surface area contributed by atoms with Crippen LogP contribution in [0.3, 0.4) is 0 Å². The van der Waals surface area contributed by atoms with Gasteiger partial charge in [-0.05, 0) is 23.1 Å². The van der Waals surface area contributed by atoms with Gasteiger partial charge >= 0.3 is 0 Å². The highest BCUT2D eigenvalue weighted by Crippen LogP contribution is 2.22. The quantitative estimate of drug-likeness (QED) is 0.787. The van der Waals surface area contributed by atoms with E-state index in [4.69, 9.17) is 0 Å². The van der Waals surface area contributed by atoms with E-state index in [2.05, 4.69) is 10.4 Å². The smallest absolute Gasteiger partial charge is 0.241 e. The number of carbonyl (C=O) groups excluding carboxylic acids is 1. The zero-order chi connectivity index (χ0) is 14.5. The average molecular weight is 297 g/mol. The maximum absolute atomic E-state index is 11.9. The molecule has 3 aromatic rings. The van der Waals surface area contributed by atoms with Crippen molar-refractivity contribution in [2.45, 2.75) is 13.1 Å². The molecule has 0 fully saturated rings. The normalized spacial score (nSPS) is 10.5. The summed E-state index contributed by atoms with van der Waals surface area (Å²) in [7, 11) is 0. The zero-order valence-electron chi connectivity index (χ0n) is 11.4. The van der Waals surface area contributed by atoms with Crippen molar-refractivity contribution in [1.82, 2.24) is 15.1 Å². The number of aromatic nitrogens is 2. The number of nitrogens with one attached hydrogen (secondary N) is 1. The van der Waals surface area contributed by atoms with Crippen LogP contribution in [0.1, 0.15) is 5.56 Å². The summed E-state index contributed by atoms with van der Waals surface area (Å²) in [4.78, 5) is 13.0. The highest BCUT2D eigenvalue weighted by Gasteiger charge is 2.06. The summed E-state index contributed by atoms with van der Waals surface area (Å²) < 4.78 is 1.66. The fourth-order valence-corrected chi connectivity index (χ4v) is 2.70. The largest absolute Gasteiger partial charge is 0.350 e. The monoisotopic (exact) mass is 297 g/mol. The molecule has 4 nitrogen and oxygen atoms in total. The second-order valence-corrected chi connectivity index (χ2v) is 5.59. The average Bonchev–Trinajstić information content (AvgIpc) is 3.17. The molecule has 1 aromatic carbocycles. The van der Waals surface area contributed by atoms with Crippen LogP contribution < -0.4 is 5.32 Å². The van der Waals surface area contributed by atoms with Gasteiger partial charge in [0.25, 0.3) is 0 Å². The first-order valence-corrected chi connectivity index (χ1v) is 7.57. The van der Waals surface area contributed by atoms with Gasteiger partial charge in [-0.15, -0.1) is 11.3 Å². The van der Waals surface area contributed by atoms with Gasteiger partial charge in [-0.1, -0.05) is 36.4 Å². The molecule has 0 aliphatic rings. The van der Waals surface area contributed by atoms with E-state index in [0.29, 0.717) is 6.54 Å². The van der Waals surface area contributed by atoms with Crippen molar-refractivity contribution in [3.05, 3.63) is 65.7 Å². The molecule has 3 rings (SSSR count). The Hall–Kier alpha value is -2.40. The lowest BCUT2D eigenvalue weighted by Gasteiger charge is -2.05. The molecule has 1 amide bonds. The second kappa shape index (κ2) is 6.37. The topological polar surface area (TPSA) is 46.9 Å². The maximum Gasteiger partial charge on any atom is 0.241 e. The summed E-state index contributed by atoms with van der Waals surface area (Å²) in [6, 6.07) is 15.8. The van der Waals surface area contributed by atoms with E-state index >= 15 is 0 Å². The van der Waals surface area contributed by atoms with Crippen molar-refractivity contribution in [3.8, 4) is 10.6 Å². The third-order valence-corrected chi connectivity index (χ3v) is 3.94. The molecule has 0 bridgehead atoms. The summed E-state index contributed by atoms with van der Waals surface area (Å²) in [6.45, 7) is 0.775. The highest BCUT2D eigenvalue weighted by atomic mass is 32.1. The van der Waals surface area contributed by atoms with Crippen molar-refractivity contribution >= 4 is 17.2 Å². The van der Waals surface area contributed by atoms with E-state index in [1.54, 1.807) is 16.0 Å². The molecule has 0 aliphatic heterocycles. The Balaban J connectivity index is 1.55. The van der Waals surface area contributed by atoms with Gasteiger partial charge < -0.3 is 5.32 Å². The molecule has 5 heteroatoms. The van der Waals surface area contributed by atoms with Crippen LogP contribution in [-0.2, 0) is 17.9 Å². The SMILES string of the molecule is O=C(Cn1ccc(-c2cccs2)n1)NCc1ccccc1. The standard InChI is InChI=1S/C16H15N3OS/c20-16(17-11-13-5-2-1-3-6-13)12-19-9-8-14(18-19)15-7-4-10-21-15/h1-10H,11-12H2,(H,17,20). The Bertz CT molecular complexity index is 704. The van der Waals surface area contributed by atoms with Crippen LogP contribution in [0.4, 0.5) is 0 Å². The van der Waals surface area contributed by atoms with Crippen molar-refractivity contribution in [3.63, 3.8) is 0 Å². The number of hydrogen-bond donors (Lipinski definition) is 1.